The Morgan fingerprint density at radius 1 is 1.53 bits per heavy atom. The maximum Gasteiger partial charge on any atom is 0.254 e. The van der Waals surface area contributed by atoms with Gasteiger partial charge in [0.25, 0.3) is 5.56 Å². The largest absolute Gasteiger partial charge is 0.309 e. The van der Waals surface area contributed by atoms with Gasteiger partial charge in [-0.2, -0.15) is 0 Å². The lowest BCUT2D eigenvalue weighted by atomic mass is 10.4. The van der Waals surface area contributed by atoms with Crippen molar-refractivity contribution in [2.45, 2.75) is 19.9 Å². The minimum absolute atomic E-state index is 0.0775. The first-order chi connectivity index (χ1) is 7.00. The van der Waals surface area contributed by atoms with E-state index in [0.29, 0.717) is 12.4 Å². The van der Waals surface area contributed by atoms with Crippen LogP contribution in [0.4, 0.5) is 0 Å². The minimum Gasteiger partial charge on any atom is -0.309 e. The highest BCUT2D eigenvalue weighted by atomic mass is 35.5. The Labute approximate surface area is 94.5 Å². The molecule has 0 fully saturated rings. The summed E-state index contributed by atoms with van der Waals surface area (Å²) in [4.78, 5) is 17.7. The quantitative estimate of drug-likeness (QED) is 0.728. The molecule has 0 N–H and O–H groups in total. The van der Waals surface area contributed by atoms with Crippen LogP contribution < -0.4 is 5.56 Å². The van der Waals surface area contributed by atoms with E-state index < -0.39 is 0 Å². The average Bonchev–Trinajstić information content (AvgIpc) is 2.08. The molecule has 0 radical (unpaired) electrons. The monoisotopic (exact) mass is 229 g/mol. The highest BCUT2D eigenvalue weighted by Gasteiger charge is 2.03. The standard InChI is InChI=1S/C10H16ClN3O/c1-8-12-9(11)7-10(15)14(8)6-4-5-13(2)3/h7H,4-6H2,1-3H3. The topological polar surface area (TPSA) is 38.1 Å². The molecule has 0 aliphatic carbocycles. The first-order valence-electron chi connectivity index (χ1n) is 4.89. The molecule has 1 heterocycles. The van der Waals surface area contributed by atoms with Crippen molar-refractivity contribution in [3.63, 3.8) is 0 Å². The lowest BCUT2D eigenvalue weighted by Crippen LogP contribution is -2.25. The predicted octanol–water partition coefficient (Wildman–Crippen LogP) is 1.16. The molecule has 0 unspecified atom stereocenters. The van der Waals surface area contributed by atoms with Crippen LogP contribution in [-0.4, -0.2) is 35.1 Å². The molecule has 0 aromatic carbocycles. The van der Waals surface area contributed by atoms with Crippen LogP contribution >= 0.6 is 11.6 Å². The average molecular weight is 230 g/mol. The molecule has 15 heavy (non-hydrogen) atoms. The summed E-state index contributed by atoms with van der Waals surface area (Å²) >= 11 is 5.67. The van der Waals surface area contributed by atoms with Gasteiger partial charge in [-0.05, 0) is 34.0 Å². The van der Waals surface area contributed by atoms with Gasteiger partial charge in [0, 0.05) is 12.6 Å². The first-order valence-corrected chi connectivity index (χ1v) is 5.27. The van der Waals surface area contributed by atoms with E-state index in [1.54, 1.807) is 11.5 Å². The third kappa shape index (κ3) is 3.64. The van der Waals surface area contributed by atoms with Gasteiger partial charge in [-0.25, -0.2) is 4.98 Å². The van der Waals surface area contributed by atoms with Crippen molar-refractivity contribution in [1.29, 1.82) is 0 Å². The maximum atomic E-state index is 11.6. The highest BCUT2D eigenvalue weighted by Crippen LogP contribution is 2.01. The number of hydrogen-bond acceptors (Lipinski definition) is 3. The Kier molecular flexibility index (Phi) is 4.29. The van der Waals surface area contributed by atoms with Crippen molar-refractivity contribution in [1.82, 2.24) is 14.5 Å². The lowest BCUT2D eigenvalue weighted by molar-refractivity contribution is 0.383. The van der Waals surface area contributed by atoms with Gasteiger partial charge < -0.3 is 4.90 Å². The van der Waals surface area contributed by atoms with E-state index >= 15 is 0 Å². The SMILES string of the molecule is Cc1nc(Cl)cc(=O)n1CCCN(C)C. The van der Waals surface area contributed by atoms with Crippen LogP contribution in [0.15, 0.2) is 10.9 Å². The molecule has 4 nitrogen and oxygen atoms in total. The fraction of sp³-hybridized carbons (Fsp3) is 0.600. The van der Waals surface area contributed by atoms with Crippen molar-refractivity contribution in [3.05, 3.63) is 27.4 Å². The van der Waals surface area contributed by atoms with Crippen molar-refractivity contribution in [3.8, 4) is 0 Å². The molecule has 84 valence electrons. The molecule has 0 aliphatic rings. The summed E-state index contributed by atoms with van der Waals surface area (Å²) in [6.07, 6.45) is 0.928. The van der Waals surface area contributed by atoms with Gasteiger partial charge in [-0.1, -0.05) is 11.6 Å². The number of aromatic nitrogens is 2. The Hall–Kier alpha value is -0.870. The second kappa shape index (κ2) is 5.28. The molecule has 1 aromatic rings. The molecule has 5 heteroatoms. The van der Waals surface area contributed by atoms with E-state index in [9.17, 15) is 4.79 Å². The normalized spacial score (nSPS) is 11.0. The van der Waals surface area contributed by atoms with Crippen molar-refractivity contribution >= 4 is 11.6 Å². The summed E-state index contributed by atoms with van der Waals surface area (Å²) in [6.45, 7) is 3.43. The molecule has 0 aliphatic heterocycles. The molecular weight excluding hydrogens is 214 g/mol. The van der Waals surface area contributed by atoms with Crippen LogP contribution in [-0.2, 0) is 6.54 Å². The summed E-state index contributed by atoms with van der Waals surface area (Å²) in [5.41, 5.74) is -0.0775. The van der Waals surface area contributed by atoms with Gasteiger partial charge in [0.1, 0.15) is 11.0 Å². The van der Waals surface area contributed by atoms with Crippen LogP contribution in [0, 0.1) is 6.92 Å². The van der Waals surface area contributed by atoms with E-state index in [4.69, 9.17) is 11.6 Å². The smallest absolute Gasteiger partial charge is 0.254 e. The molecular formula is C10H16ClN3O. The van der Waals surface area contributed by atoms with Gasteiger partial charge in [0.15, 0.2) is 0 Å². The molecule has 0 saturated heterocycles. The summed E-state index contributed by atoms with van der Waals surface area (Å²) in [5, 5.41) is 0.265. The molecule has 0 atom stereocenters. The molecule has 0 bridgehead atoms. The van der Waals surface area contributed by atoms with Gasteiger partial charge in [-0.3, -0.25) is 9.36 Å². The predicted molar refractivity (Wildman–Crippen MR) is 61.4 cm³/mol. The van der Waals surface area contributed by atoms with Gasteiger partial charge in [0.2, 0.25) is 0 Å². The number of hydrogen-bond donors (Lipinski definition) is 0. The molecule has 1 aromatic heterocycles. The fourth-order valence-corrected chi connectivity index (χ4v) is 1.62. The first kappa shape index (κ1) is 12.2. The van der Waals surface area contributed by atoms with Gasteiger partial charge in [-0.15, -0.1) is 0 Å². The molecule has 0 amide bonds. The summed E-state index contributed by atoms with van der Waals surface area (Å²) < 4.78 is 1.65. The van der Waals surface area contributed by atoms with E-state index in [1.165, 1.54) is 6.07 Å². The molecule has 0 spiro atoms. The molecule has 0 saturated carbocycles. The number of aryl methyl sites for hydroxylation is 1. The second-order valence-electron chi connectivity index (χ2n) is 3.77. The second-order valence-corrected chi connectivity index (χ2v) is 4.16. The maximum absolute atomic E-state index is 11.6. The molecule has 1 rings (SSSR count). The lowest BCUT2D eigenvalue weighted by Gasteiger charge is -2.12. The number of halogens is 1. The van der Waals surface area contributed by atoms with E-state index in [2.05, 4.69) is 9.88 Å². The minimum atomic E-state index is -0.0775. The zero-order chi connectivity index (χ0) is 11.4. The summed E-state index contributed by atoms with van der Waals surface area (Å²) in [5.74, 6) is 0.672. The summed E-state index contributed by atoms with van der Waals surface area (Å²) in [7, 11) is 4.02. The highest BCUT2D eigenvalue weighted by molar-refractivity contribution is 6.29. The van der Waals surface area contributed by atoms with Crippen molar-refractivity contribution < 1.29 is 0 Å². The number of nitrogens with zero attached hydrogens (tertiary/aromatic N) is 3. The Balaban J connectivity index is 2.73. The Morgan fingerprint density at radius 2 is 2.20 bits per heavy atom. The summed E-state index contributed by atoms with van der Waals surface area (Å²) in [6, 6.07) is 1.35. The fourth-order valence-electron chi connectivity index (χ4n) is 1.40. The van der Waals surface area contributed by atoms with Gasteiger partial charge >= 0.3 is 0 Å². The van der Waals surface area contributed by atoms with Crippen LogP contribution in [0.1, 0.15) is 12.2 Å². The van der Waals surface area contributed by atoms with Crippen LogP contribution in [0.2, 0.25) is 5.15 Å². The third-order valence-electron chi connectivity index (χ3n) is 2.15. The van der Waals surface area contributed by atoms with Crippen LogP contribution in [0.5, 0.6) is 0 Å². The van der Waals surface area contributed by atoms with Gasteiger partial charge in [0.05, 0.1) is 0 Å². The zero-order valence-corrected chi connectivity index (χ0v) is 10.1. The Morgan fingerprint density at radius 3 is 2.73 bits per heavy atom. The number of rotatable bonds is 4. The van der Waals surface area contributed by atoms with E-state index in [0.717, 1.165) is 13.0 Å². The van der Waals surface area contributed by atoms with Crippen LogP contribution in [0.3, 0.4) is 0 Å². The van der Waals surface area contributed by atoms with Crippen molar-refractivity contribution in [2.75, 3.05) is 20.6 Å². The van der Waals surface area contributed by atoms with E-state index in [-0.39, 0.29) is 10.7 Å². The Bertz CT molecular complexity index is 387. The van der Waals surface area contributed by atoms with E-state index in [1.807, 2.05) is 14.1 Å². The third-order valence-corrected chi connectivity index (χ3v) is 2.35. The van der Waals surface area contributed by atoms with Crippen LogP contribution in [0.25, 0.3) is 0 Å². The van der Waals surface area contributed by atoms with Crippen molar-refractivity contribution in [2.24, 2.45) is 0 Å². The zero-order valence-electron chi connectivity index (χ0n) is 9.33.